The molecule has 1 amide bonds. The van der Waals surface area contributed by atoms with E-state index >= 15 is 0 Å². The molecule has 1 aliphatic heterocycles. The number of hydrogen-bond acceptors (Lipinski definition) is 1. The number of carbonyl (C=O) groups is 1. The summed E-state index contributed by atoms with van der Waals surface area (Å²) in [6.07, 6.45) is 1.40. The quantitative estimate of drug-likeness (QED) is 0.733. The van der Waals surface area contributed by atoms with Gasteiger partial charge in [-0.1, -0.05) is 36.9 Å². The topological polar surface area (TPSA) is 24.8 Å². The van der Waals surface area contributed by atoms with Crippen molar-refractivity contribution >= 4 is 5.91 Å². The zero-order valence-electron chi connectivity index (χ0n) is 10.1. The van der Waals surface area contributed by atoms with Gasteiger partial charge in [-0.2, -0.15) is 0 Å². The second-order valence-corrected chi connectivity index (χ2v) is 4.44. The van der Waals surface area contributed by atoms with Crippen LogP contribution in [0.25, 0.3) is 0 Å². The van der Waals surface area contributed by atoms with E-state index in [9.17, 15) is 4.79 Å². The minimum atomic E-state index is 0.0590. The first kappa shape index (κ1) is 11.9. The molecule has 0 saturated carbocycles. The molecule has 3 heteroatoms. The maximum Gasteiger partial charge on any atom is 0.246 e. The summed E-state index contributed by atoms with van der Waals surface area (Å²) in [6.45, 7) is 8.30. The van der Waals surface area contributed by atoms with E-state index in [1.54, 1.807) is 4.90 Å². The van der Waals surface area contributed by atoms with E-state index in [-0.39, 0.29) is 5.91 Å². The third-order valence-electron chi connectivity index (χ3n) is 3.25. The van der Waals surface area contributed by atoms with E-state index in [0.29, 0.717) is 0 Å². The van der Waals surface area contributed by atoms with Crippen LogP contribution in [0.3, 0.4) is 0 Å². The lowest BCUT2D eigenvalue weighted by atomic mass is 10.2. The lowest BCUT2D eigenvalue weighted by molar-refractivity contribution is -0.917. The van der Waals surface area contributed by atoms with E-state index in [1.165, 1.54) is 11.6 Å². The molecule has 1 aromatic carbocycles. The van der Waals surface area contributed by atoms with Crippen molar-refractivity contribution in [3.05, 3.63) is 48.6 Å². The largest absolute Gasteiger partial charge is 0.328 e. The van der Waals surface area contributed by atoms with Gasteiger partial charge in [-0.3, -0.25) is 4.79 Å². The average molecular weight is 231 g/mol. The van der Waals surface area contributed by atoms with Gasteiger partial charge >= 0.3 is 0 Å². The van der Waals surface area contributed by atoms with Crippen molar-refractivity contribution in [3.8, 4) is 0 Å². The maximum absolute atomic E-state index is 11.4. The van der Waals surface area contributed by atoms with E-state index in [4.69, 9.17) is 0 Å². The van der Waals surface area contributed by atoms with Crippen LogP contribution in [0.4, 0.5) is 0 Å². The molecule has 1 fully saturated rings. The number of quaternary nitrogens is 1. The summed E-state index contributed by atoms with van der Waals surface area (Å²) in [5.74, 6) is 0.0590. The van der Waals surface area contributed by atoms with Crippen LogP contribution in [-0.2, 0) is 11.3 Å². The molecule has 0 radical (unpaired) electrons. The number of nitrogens with one attached hydrogen (secondary N) is 1. The van der Waals surface area contributed by atoms with Crippen LogP contribution in [0.2, 0.25) is 0 Å². The van der Waals surface area contributed by atoms with Gasteiger partial charge in [-0.15, -0.1) is 0 Å². The van der Waals surface area contributed by atoms with Gasteiger partial charge in [-0.25, -0.2) is 0 Å². The maximum atomic E-state index is 11.4. The van der Waals surface area contributed by atoms with E-state index in [1.807, 2.05) is 11.0 Å². The van der Waals surface area contributed by atoms with Crippen molar-refractivity contribution in [1.29, 1.82) is 0 Å². The number of benzene rings is 1. The molecule has 0 aliphatic carbocycles. The van der Waals surface area contributed by atoms with Crippen molar-refractivity contribution in [2.24, 2.45) is 0 Å². The van der Waals surface area contributed by atoms with Crippen LogP contribution in [0, 0.1) is 0 Å². The Hall–Kier alpha value is -1.61. The number of rotatable bonds is 3. The number of carbonyl (C=O) groups excluding carboxylic acids is 1. The summed E-state index contributed by atoms with van der Waals surface area (Å²) in [4.78, 5) is 14.9. The van der Waals surface area contributed by atoms with Crippen molar-refractivity contribution in [2.45, 2.75) is 6.54 Å². The predicted molar refractivity (Wildman–Crippen MR) is 67.6 cm³/mol. The standard InChI is InChI=1S/C14H18N2O/c1-2-14(17)16-10-8-15(9-11-16)12-13-6-4-3-5-7-13/h2-7H,1,8-12H2/p+1. The lowest BCUT2D eigenvalue weighted by Gasteiger charge is -2.31. The van der Waals surface area contributed by atoms with E-state index in [0.717, 1.165) is 32.7 Å². The van der Waals surface area contributed by atoms with Crippen molar-refractivity contribution in [2.75, 3.05) is 26.2 Å². The van der Waals surface area contributed by atoms with Gasteiger partial charge in [0.2, 0.25) is 5.91 Å². The highest BCUT2D eigenvalue weighted by Gasteiger charge is 2.21. The molecule has 1 aromatic rings. The highest BCUT2D eigenvalue weighted by Crippen LogP contribution is 1.97. The predicted octanol–water partition coefficient (Wildman–Crippen LogP) is 0.0997. The summed E-state index contributed by atoms with van der Waals surface area (Å²) in [6, 6.07) is 10.5. The number of hydrogen-bond donors (Lipinski definition) is 1. The third kappa shape index (κ3) is 3.17. The fourth-order valence-electron chi connectivity index (χ4n) is 2.23. The molecule has 0 spiro atoms. The second kappa shape index (κ2) is 5.64. The van der Waals surface area contributed by atoms with Crippen molar-refractivity contribution in [1.82, 2.24) is 4.90 Å². The van der Waals surface area contributed by atoms with Gasteiger partial charge in [0, 0.05) is 5.56 Å². The normalized spacial score (nSPS) is 16.8. The first-order chi connectivity index (χ1) is 8.29. The molecule has 1 N–H and O–H groups in total. The molecule has 2 rings (SSSR count). The van der Waals surface area contributed by atoms with Gasteiger partial charge in [0.25, 0.3) is 0 Å². The van der Waals surface area contributed by atoms with Crippen LogP contribution in [-0.4, -0.2) is 37.0 Å². The number of amides is 1. The Labute approximate surface area is 102 Å². The molecule has 0 atom stereocenters. The smallest absolute Gasteiger partial charge is 0.246 e. The summed E-state index contributed by atoms with van der Waals surface area (Å²) >= 11 is 0. The van der Waals surface area contributed by atoms with Gasteiger partial charge in [-0.05, 0) is 6.08 Å². The summed E-state index contributed by atoms with van der Waals surface area (Å²) in [5, 5.41) is 0. The van der Waals surface area contributed by atoms with Crippen molar-refractivity contribution in [3.63, 3.8) is 0 Å². The lowest BCUT2D eigenvalue weighted by Crippen LogP contribution is -3.13. The molecular formula is C14H19N2O+. The van der Waals surface area contributed by atoms with Crippen LogP contribution < -0.4 is 4.90 Å². The molecule has 90 valence electrons. The van der Waals surface area contributed by atoms with Crippen LogP contribution >= 0.6 is 0 Å². The first-order valence-corrected chi connectivity index (χ1v) is 6.08. The van der Waals surface area contributed by atoms with Gasteiger partial charge in [0.05, 0.1) is 26.2 Å². The Bertz CT molecular complexity index is 380. The van der Waals surface area contributed by atoms with E-state index in [2.05, 4.69) is 30.8 Å². The third-order valence-corrected chi connectivity index (χ3v) is 3.25. The molecule has 0 aromatic heterocycles. The van der Waals surface area contributed by atoms with Gasteiger partial charge < -0.3 is 9.80 Å². The highest BCUT2D eigenvalue weighted by molar-refractivity contribution is 5.87. The van der Waals surface area contributed by atoms with Gasteiger partial charge in [0.1, 0.15) is 6.54 Å². The fourth-order valence-corrected chi connectivity index (χ4v) is 2.23. The monoisotopic (exact) mass is 231 g/mol. The zero-order chi connectivity index (χ0) is 12.1. The zero-order valence-corrected chi connectivity index (χ0v) is 10.1. The molecule has 0 bridgehead atoms. The fraction of sp³-hybridized carbons (Fsp3) is 0.357. The minimum Gasteiger partial charge on any atom is -0.328 e. The molecule has 3 nitrogen and oxygen atoms in total. The Balaban J connectivity index is 1.83. The van der Waals surface area contributed by atoms with Gasteiger partial charge in [0.15, 0.2) is 0 Å². The Morgan fingerprint density at radius 1 is 1.29 bits per heavy atom. The molecule has 1 aliphatic rings. The summed E-state index contributed by atoms with van der Waals surface area (Å²) < 4.78 is 0. The molecular weight excluding hydrogens is 212 g/mol. The second-order valence-electron chi connectivity index (χ2n) is 4.44. The first-order valence-electron chi connectivity index (χ1n) is 6.08. The average Bonchev–Trinajstić information content (AvgIpc) is 2.40. The van der Waals surface area contributed by atoms with Crippen molar-refractivity contribution < 1.29 is 9.69 Å². The highest BCUT2D eigenvalue weighted by atomic mass is 16.2. The van der Waals surface area contributed by atoms with Crippen LogP contribution in [0.5, 0.6) is 0 Å². The van der Waals surface area contributed by atoms with Crippen LogP contribution in [0.15, 0.2) is 43.0 Å². The molecule has 1 heterocycles. The minimum absolute atomic E-state index is 0.0590. The SMILES string of the molecule is C=CC(=O)N1CC[NH+](Cc2ccccc2)CC1. The van der Waals surface area contributed by atoms with E-state index < -0.39 is 0 Å². The molecule has 1 saturated heterocycles. The summed E-state index contributed by atoms with van der Waals surface area (Å²) in [7, 11) is 0. The Morgan fingerprint density at radius 3 is 2.53 bits per heavy atom. The molecule has 0 unspecified atom stereocenters. The molecule has 17 heavy (non-hydrogen) atoms. The Morgan fingerprint density at radius 2 is 1.94 bits per heavy atom. The number of nitrogens with zero attached hydrogens (tertiary/aromatic N) is 1. The van der Waals surface area contributed by atoms with Crippen LogP contribution in [0.1, 0.15) is 5.56 Å². The summed E-state index contributed by atoms with van der Waals surface area (Å²) in [5.41, 5.74) is 1.37. The Kier molecular flexibility index (Phi) is 3.94. The number of piperazine rings is 1.